The van der Waals surface area contributed by atoms with Gasteiger partial charge in [0.15, 0.2) is 10.8 Å². The maximum atomic E-state index is 13.3. The number of anilines is 1. The van der Waals surface area contributed by atoms with Gasteiger partial charge in [-0.1, -0.05) is 11.2 Å². The zero-order valence-corrected chi connectivity index (χ0v) is 21.6. The zero-order valence-electron chi connectivity index (χ0n) is 19.9. The molecule has 2 aromatic heterocycles. The predicted molar refractivity (Wildman–Crippen MR) is 142 cm³/mol. The second kappa shape index (κ2) is 10.3. The van der Waals surface area contributed by atoms with Crippen molar-refractivity contribution in [2.24, 2.45) is 5.16 Å². The zero-order chi connectivity index (χ0) is 28.7. The molecule has 1 saturated heterocycles. The molecule has 3 aromatic rings. The van der Waals surface area contributed by atoms with Gasteiger partial charge in [-0.3, -0.25) is 19.3 Å². The molecule has 40 heavy (non-hydrogen) atoms. The van der Waals surface area contributed by atoms with Crippen LogP contribution >= 0.6 is 23.1 Å². The number of nitrogens with two attached hydrogens (primary N) is 1. The average molecular weight is 587 g/mol. The summed E-state index contributed by atoms with van der Waals surface area (Å²) in [5.41, 5.74) is 4.42. The molecular weight excluding hydrogens is 568 g/mol. The van der Waals surface area contributed by atoms with Crippen LogP contribution < -0.4 is 16.6 Å². The van der Waals surface area contributed by atoms with Gasteiger partial charge in [0.25, 0.3) is 11.8 Å². The molecule has 2 amide bonds. The lowest BCUT2D eigenvalue weighted by Gasteiger charge is -2.48. The fourth-order valence-corrected chi connectivity index (χ4v) is 5.92. The third-order valence-corrected chi connectivity index (χ3v) is 7.85. The number of aromatic nitrogens is 2. The van der Waals surface area contributed by atoms with Gasteiger partial charge in [0, 0.05) is 28.1 Å². The number of hydrogen-bond donors (Lipinski definition) is 6. The Hall–Kier alpha value is -4.90. The fraction of sp³-hybridized carbons (Fsp3) is 0.174. The highest BCUT2D eigenvalue weighted by Crippen LogP contribution is 2.37. The van der Waals surface area contributed by atoms with E-state index in [-0.39, 0.29) is 38.7 Å². The summed E-state index contributed by atoms with van der Waals surface area (Å²) in [6, 6.07) is 3.78. The third kappa shape index (κ3) is 4.71. The first-order chi connectivity index (χ1) is 19.1. The minimum absolute atomic E-state index is 0.00857. The molecule has 5 rings (SSSR count). The molecule has 1 aromatic carbocycles. The summed E-state index contributed by atoms with van der Waals surface area (Å²) in [7, 11) is 0. The molecule has 1 fully saturated rings. The largest absolute Gasteiger partial charge is 0.506 e. The minimum atomic E-state index is -1.80. The Bertz CT molecular complexity index is 1700. The second-order valence-electron chi connectivity index (χ2n) is 8.40. The number of amides is 2. The summed E-state index contributed by atoms with van der Waals surface area (Å²) >= 11 is 2.22. The van der Waals surface area contributed by atoms with E-state index in [1.54, 1.807) is 0 Å². The van der Waals surface area contributed by atoms with Crippen LogP contribution in [0.4, 0.5) is 5.13 Å². The van der Waals surface area contributed by atoms with Crippen molar-refractivity contribution in [1.29, 1.82) is 0 Å². The van der Waals surface area contributed by atoms with Crippen LogP contribution in [0.3, 0.4) is 0 Å². The predicted octanol–water partition coefficient (Wildman–Crippen LogP) is 0.187. The van der Waals surface area contributed by atoms with Crippen molar-refractivity contribution in [3.63, 3.8) is 0 Å². The van der Waals surface area contributed by atoms with Crippen LogP contribution in [0, 0.1) is 0 Å². The molecular formula is C23H18N6O9S2. The standard InChI is InChI=1S/C23H18N6O9S2/c24-23-25-10(7-40-23)15(18(32)27-16-19(33)29-11(21(34)35)5-6-39-20(16)29)28-38-17(22(36)37)9-1-3-12(30)14-8(9)2-4-13(31)26-14/h1-5,7,16-17,20,30H,6H2,(H2,24,25)(H,26,31)(H,27,32)(H,34,35)(H,36,37)/b28-15-/t16-,17?,20-/m1/s1. The Morgan fingerprint density at radius 1 is 1.23 bits per heavy atom. The monoisotopic (exact) mass is 586 g/mol. The van der Waals surface area contributed by atoms with Crippen LogP contribution in [0.25, 0.3) is 10.9 Å². The summed E-state index contributed by atoms with van der Waals surface area (Å²) in [6.07, 6.45) is -0.404. The number of β-lactam (4-membered cyclic amide) rings is 1. The van der Waals surface area contributed by atoms with E-state index in [1.165, 1.54) is 41.4 Å². The molecule has 1 unspecified atom stereocenters. The van der Waals surface area contributed by atoms with Crippen molar-refractivity contribution in [2.75, 3.05) is 11.5 Å². The number of fused-ring (bicyclic) bond motifs is 2. The Morgan fingerprint density at radius 2 is 2.00 bits per heavy atom. The number of H-pyrrole nitrogens is 1. The van der Waals surface area contributed by atoms with Crippen molar-refractivity contribution >= 4 is 68.6 Å². The number of pyridine rings is 1. The second-order valence-corrected chi connectivity index (χ2v) is 10.4. The number of nitrogen functional groups attached to an aromatic ring is 1. The third-order valence-electron chi connectivity index (χ3n) is 5.99. The molecule has 15 nitrogen and oxygen atoms in total. The maximum absolute atomic E-state index is 13.3. The summed E-state index contributed by atoms with van der Waals surface area (Å²) in [6.45, 7) is 0. The molecule has 4 heterocycles. The van der Waals surface area contributed by atoms with E-state index in [1.807, 2.05) is 0 Å². The van der Waals surface area contributed by atoms with Gasteiger partial charge in [-0.15, -0.1) is 23.1 Å². The van der Waals surface area contributed by atoms with E-state index in [0.29, 0.717) is 5.75 Å². The number of oxime groups is 1. The summed E-state index contributed by atoms with van der Waals surface area (Å²) in [5, 5.41) is 36.6. The van der Waals surface area contributed by atoms with Crippen LogP contribution in [0.1, 0.15) is 17.4 Å². The number of rotatable bonds is 8. The van der Waals surface area contributed by atoms with Gasteiger partial charge in [0.1, 0.15) is 28.6 Å². The summed E-state index contributed by atoms with van der Waals surface area (Å²) in [5.74, 6) is -4.37. The lowest BCUT2D eigenvalue weighted by molar-refractivity contribution is -0.151. The van der Waals surface area contributed by atoms with Crippen LogP contribution in [0.15, 0.2) is 51.4 Å². The molecule has 0 saturated carbocycles. The fourth-order valence-electron chi connectivity index (χ4n) is 4.18. The lowest BCUT2D eigenvalue weighted by Crippen LogP contribution is -2.70. The summed E-state index contributed by atoms with van der Waals surface area (Å²) in [4.78, 5) is 74.1. The molecule has 2 aliphatic heterocycles. The number of hydrogen-bond acceptors (Lipinski definition) is 12. The quantitative estimate of drug-likeness (QED) is 0.118. The number of nitrogens with zero attached hydrogens (tertiary/aromatic N) is 3. The highest BCUT2D eigenvalue weighted by atomic mass is 32.2. The van der Waals surface area contributed by atoms with Gasteiger partial charge < -0.3 is 36.2 Å². The van der Waals surface area contributed by atoms with E-state index in [4.69, 9.17) is 10.6 Å². The number of carbonyl (C=O) groups is 4. The number of benzene rings is 1. The van der Waals surface area contributed by atoms with Gasteiger partial charge in [-0.05, 0) is 18.2 Å². The van der Waals surface area contributed by atoms with E-state index < -0.39 is 52.5 Å². The van der Waals surface area contributed by atoms with Crippen LogP contribution in [0.5, 0.6) is 5.75 Å². The first-order valence-corrected chi connectivity index (χ1v) is 13.2. The number of thiazole rings is 1. The molecule has 7 N–H and O–H groups in total. The van der Waals surface area contributed by atoms with Crippen molar-refractivity contribution in [3.05, 3.63) is 63.0 Å². The minimum Gasteiger partial charge on any atom is -0.506 e. The van der Waals surface area contributed by atoms with Gasteiger partial charge in [-0.25, -0.2) is 14.6 Å². The molecule has 0 aliphatic carbocycles. The van der Waals surface area contributed by atoms with Crippen molar-refractivity contribution in [1.82, 2.24) is 20.2 Å². The summed E-state index contributed by atoms with van der Waals surface area (Å²) < 4.78 is 0. The molecule has 0 bridgehead atoms. The Morgan fingerprint density at radius 3 is 2.67 bits per heavy atom. The number of nitrogens with one attached hydrogen (secondary N) is 2. The maximum Gasteiger partial charge on any atom is 0.352 e. The molecule has 17 heteroatoms. The van der Waals surface area contributed by atoms with Crippen LogP contribution in [-0.4, -0.2) is 76.8 Å². The molecule has 206 valence electrons. The van der Waals surface area contributed by atoms with Gasteiger partial charge >= 0.3 is 11.9 Å². The number of aromatic amines is 1. The number of phenolic OH excluding ortho intramolecular Hbond substituents is 1. The Balaban J connectivity index is 1.45. The van der Waals surface area contributed by atoms with E-state index in [2.05, 4.69) is 20.4 Å². The highest BCUT2D eigenvalue weighted by molar-refractivity contribution is 8.00. The number of phenols is 1. The number of thioether (sulfide) groups is 1. The molecule has 0 radical (unpaired) electrons. The number of carbonyl (C=O) groups excluding carboxylic acids is 2. The highest BCUT2D eigenvalue weighted by Gasteiger charge is 2.53. The number of aromatic hydroxyl groups is 1. The van der Waals surface area contributed by atoms with Gasteiger partial charge in [0.2, 0.25) is 11.7 Å². The van der Waals surface area contributed by atoms with Crippen molar-refractivity contribution in [2.45, 2.75) is 17.5 Å². The Kier molecular flexibility index (Phi) is 6.90. The lowest BCUT2D eigenvalue weighted by atomic mass is 10.0. The van der Waals surface area contributed by atoms with Crippen LogP contribution in [0.2, 0.25) is 0 Å². The van der Waals surface area contributed by atoms with E-state index >= 15 is 0 Å². The van der Waals surface area contributed by atoms with Gasteiger partial charge in [0.05, 0.1) is 5.52 Å². The topological polar surface area (TPSA) is 238 Å². The number of aliphatic carboxylic acids is 2. The molecule has 3 atom stereocenters. The van der Waals surface area contributed by atoms with Gasteiger partial charge in [-0.2, -0.15) is 0 Å². The first kappa shape index (κ1) is 26.7. The number of carboxylic acid groups (broad SMARTS) is 2. The van der Waals surface area contributed by atoms with E-state index in [0.717, 1.165) is 22.3 Å². The Labute approximate surface area is 230 Å². The SMILES string of the molecule is Nc1nc(/C(=N/OC(C(=O)O)c2ccc(O)c3[nH]c(=O)ccc23)C(=O)N[C@@H]2C(=O)N3C(C(=O)O)=CCS[C@H]23)cs1. The van der Waals surface area contributed by atoms with E-state index in [9.17, 15) is 39.3 Å². The average Bonchev–Trinajstić information content (AvgIpc) is 3.35. The van der Waals surface area contributed by atoms with Crippen molar-refractivity contribution < 1.29 is 39.3 Å². The smallest absolute Gasteiger partial charge is 0.352 e. The normalized spacial score (nSPS) is 19.3. The molecule has 2 aliphatic rings. The van der Waals surface area contributed by atoms with Crippen LogP contribution in [-0.2, 0) is 24.0 Å². The molecule has 0 spiro atoms. The van der Waals surface area contributed by atoms with Crippen molar-refractivity contribution in [3.8, 4) is 5.75 Å². The first-order valence-electron chi connectivity index (χ1n) is 11.3. The number of carboxylic acids is 2.